The minimum atomic E-state index is -2.20. The predicted molar refractivity (Wildman–Crippen MR) is 90.4 cm³/mol. The summed E-state index contributed by atoms with van der Waals surface area (Å²) in [4.78, 5) is 0. The van der Waals surface area contributed by atoms with Gasteiger partial charge in [-0.15, -0.1) is 0 Å². The molecule has 0 spiro atoms. The van der Waals surface area contributed by atoms with Crippen LogP contribution in [0.2, 0.25) is 23.3 Å². The summed E-state index contributed by atoms with van der Waals surface area (Å²) >= 11 is 2.71. The van der Waals surface area contributed by atoms with Crippen LogP contribution in [0.5, 0.6) is 0 Å². The Kier molecular flexibility index (Phi) is 4.76. The number of hydrogen-bond donors (Lipinski definition) is 0. The molecular formula is C14H20Se4. The monoisotopic (exact) mass is 508 g/mol. The summed E-state index contributed by atoms with van der Waals surface area (Å²) in [6.07, 6.45) is 15.8. The maximum atomic E-state index is 2.62. The van der Waals surface area contributed by atoms with E-state index in [1.807, 2.05) is 0 Å². The molecule has 0 saturated carbocycles. The van der Waals surface area contributed by atoms with Gasteiger partial charge in [-0.2, -0.15) is 0 Å². The maximum absolute atomic E-state index is 2.62. The number of rotatable bonds is 4. The second-order valence-electron chi connectivity index (χ2n) is 5.46. The van der Waals surface area contributed by atoms with E-state index in [1.165, 1.54) is 11.1 Å². The standard InChI is InChI=1S/C14H20Se4/c1-15-16-17-18(2,3,4)14-11-7-10-13(14)12-8-5-6-9-12/h5-11,18H,1-4H3. The van der Waals surface area contributed by atoms with Crippen molar-refractivity contribution in [3.63, 3.8) is 0 Å². The van der Waals surface area contributed by atoms with Gasteiger partial charge < -0.3 is 0 Å². The molecule has 0 amide bonds. The third-order valence-corrected chi connectivity index (χ3v) is 77.3. The molecule has 2 aliphatic carbocycles. The van der Waals surface area contributed by atoms with Gasteiger partial charge in [0.25, 0.3) is 0 Å². The van der Waals surface area contributed by atoms with E-state index in [9.17, 15) is 0 Å². The van der Waals surface area contributed by atoms with Crippen molar-refractivity contribution in [2.75, 3.05) is 0 Å². The van der Waals surface area contributed by atoms with Crippen molar-refractivity contribution in [1.29, 1.82) is 0 Å². The fourth-order valence-electron chi connectivity index (χ4n) is 2.05. The van der Waals surface area contributed by atoms with Gasteiger partial charge in [0.2, 0.25) is 0 Å². The van der Waals surface area contributed by atoms with Crippen LogP contribution in [0.1, 0.15) is 0 Å². The van der Waals surface area contributed by atoms with Gasteiger partial charge in [-0.3, -0.25) is 0 Å². The van der Waals surface area contributed by atoms with Crippen LogP contribution in [0, 0.1) is 0 Å². The van der Waals surface area contributed by atoms with Crippen LogP contribution in [0.4, 0.5) is 0 Å². The summed E-state index contributed by atoms with van der Waals surface area (Å²) in [6.45, 7) is 0. The molecular weight excluding hydrogens is 484 g/mol. The van der Waals surface area contributed by atoms with E-state index in [0.717, 1.165) is 35.7 Å². The summed E-state index contributed by atoms with van der Waals surface area (Å²) in [6, 6.07) is 0. The zero-order valence-electron chi connectivity index (χ0n) is 11.2. The Morgan fingerprint density at radius 1 is 0.944 bits per heavy atom. The van der Waals surface area contributed by atoms with Gasteiger partial charge in [0.15, 0.2) is 0 Å². The van der Waals surface area contributed by atoms with Gasteiger partial charge in [0.1, 0.15) is 0 Å². The molecule has 0 aliphatic heterocycles. The summed E-state index contributed by atoms with van der Waals surface area (Å²) in [5.74, 6) is 10.3. The molecule has 0 radical (unpaired) electrons. The SMILES string of the molecule is C[Se][Se][Se][SeH](C)(C)(C)C1=CC=CC1=C1C=CC=C1. The molecule has 2 rings (SSSR count). The fourth-order valence-corrected chi connectivity index (χ4v) is 112. The zero-order chi connectivity index (χ0) is 13.3. The Labute approximate surface area is 126 Å². The van der Waals surface area contributed by atoms with Crippen molar-refractivity contribution in [3.05, 3.63) is 58.1 Å². The van der Waals surface area contributed by atoms with Gasteiger partial charge in [-0.1, -0.05) is 0 Å². The van der Waals surface area contributed by atoms with Crippen molar-refractivity contribution in [2.24, 2.45) is 0 Å². The normalized spacial score (nSPS) is 20.4. The van der Waals surface area contributed by atoms with Crippen LogP contribution < -0.4 is 0 Å². The molecule has 0 atom stereocenters. The molecule has 4 heteroatoms. The van der Waals surface area contributed by atoms with E-state index in [-0.39, 0.29) is 0 Å². The first-order chi connectivity index (χ1) is 8.42. The molecule has 0 unspecified atom stereocenters. The first kappa shape index (κ1) is 15.2. The topological polar surface area (TPSA) is 0 Å². The van der Waals surface area contributed by atoms with E-state index in [1.54, 1.807) is 4.47 Å². The van der Waals surface area contributed by atoms with Gasteiger partial charge in [-0.25, -0.2) is 0 Å². The predicted octanol–water partition coefficient (Wildman–Crippen LogP) is 2.96. The molecule has 18 heavy (non-hydrogen) atoms. The van der Waals surface area contributed by atoms with E-state index >= 15 is 0 Å². The Morgan fingerprint density at radius 2 is 1.61 bits per heavy atom. The first-order valence-electron chi connectivity index (χ1n) is 5.81. The van der Waals surface area contributed by atoms with Crippen LogP contribution in [0.3, 0.4) is 0 Å². The van der Waals surface area contributed by atoms with Gasteiger partial charge in [-0.05, 0) is 0 Å². The second kappa shape index (κ2) is 5.64. The Balaban J connectivity index is 2.37. The van der Waals surface area contributed by atoms with Gasteiger partial charge in [0.05, 0.1) is 0 Å². The third-order valence-electron chi connectivity index (χ3n) is 2.95. The van der Waals surface area contributed by atoms with Gasteiger partial charge in [0, 0.05) is 0 Å². The molecule has 0 heterocycles. The van der Waals surface area contributed by atoms with E-state index < -0.39 is 9.96 Å². The van der Waals surface area contributed by atoms with E-state index in [2.05, 4.69) is 65.8 Å². The van der Waals surface area contributed by atoms with Crippen molar-refractivity contribution in [3.8, 4) is 0 Å². The van der Waals surface area contributed by atoms with Gasteiger partial charge >= 0.3 is 127 Å². The molecule has 0 nitrogen and oxygen atoms in total. The molecule has 2 aliphatic rings. The Morgan fingerprint density at radius 3 is 2.22 bits per heavy atom. The zero-order valence-corrected chi connectivity index (χ0v) is 18.2. The molecule has 0 aromatic rings. The minimum absolute atomic E-state index is 0.885. The number of hydrogen-bond acceptors (Lipinski definition) is 0. The Hall–Kier alpha value is 0.778. The molecule has 0 aromatic heterocycles. The number of allylic oxidation sites excluding steroid dienone is 10. The van der Waals surface area contributed by atoms with Crippen molar-refractivity contribution in [2.45, 2.75) is 23.3 Å². The first-order valence-corrected chi connectivity index (χ1v) is 27.5. The molecule has 0 saturated heterocycles. The van der Waals surface area contributed by atoms with Crippen molar-refractivity contribution >= 4 is 45.7 Å². The molecule has 0 N–H and O–H groups in total. The van der Waals surface area contributed by atoms with Crippen LogP contribution in [-0.2, 0) is 0 Å². The molecule has 0 aromatic carbocycles. The van der Waals surface area contributed by atoms with E-state index in [4.69, 9.17) is 0 Å². The quantitative estimate of drug-likeness (QED) is 0.517. The molecule has 0 fully saturated rings. The summed E-state index contributed by atoms with van der Waals surface area (Å²) < 4.78 is 1.71. The average molecular weight is 504 g/mol. The average Bonchev–Trinajstić information content (AvgIpc) is 2.95. The van der Waals surface area contributed by atoms with Crippen molar-refractivity contribution < 1.29 is 0 Å². The fraction of sp³-hybridized carbons (Fsp3) is 0.286. The van der Waals surface area contributed by atoms with Crippen LogP contribution in [0.15, 0.2) is 58.1 Å². The van der Waals surface area contributed by atoms with Crippen LogP contribution in [0.25, 0.3) is 0 Å². The Bertz CT molecular complexity index is 482. The summed E-state index contributed by atoms with van der Waals surface area (Å²) in [7, 11) is -2.20. The second-order valence-corrected chi connectivity index (χ2v) is 55.7. The summed E-state index contributed by atoms with van der Waals surface area (Å²) in [5, 5.41) is 0. The van der Waals surface area contributed by atoms with E-state index in [0.29, 0.717) is 0 Å². The van der Waals surface area contributed by atoms with Crippen molar-refractivity contribution in [1.82, 2.24) is 0 Å². The third kappa shape index (κ3) is 3.26. The summed E-state index contributed by atoms with van der Waals surface area (Å²) in [5.41, 5.74) is 2.93. The molecule has 100 valence electrons. The molecule has 0 bridgehead atoms. The van der Waals surface area contributed by atoms with Crippen LogP contribution in [-0.4, -0.2) is 45.7 Å². The van der Waals surface area contributed by atoms with Crippen LogP contribution >= 0.6 is 0 Å².